The summed E-state index contributed by atoms with van der Waals surface area (Å²) in [6.07, 6.45) is 3.90. The Labute approximate surface area is 89.2 Å². The summed E-state index contributed by atoms with van der Waals surface area (Å²) in [7, 11) is 1.72. The number of nitrogens with one attached hydrogen (secondary N) is 1. The van der Waals surface area contributed by atoms with E-state index >= 15 is 0 Å². The van der Waals surface area contributed by atoms with Crippen LogP contribution in [-0.4, -0.2) is 18.6 Å². The van der Waals surface area contributed by atoms with E-state index in [0.29, 0.717) is 6.54 Å². The Kier molecular flexibility index (Phi) is 2.92. The van der Waals surface area contributed by atoms with Gasteiger partial charge in [-0.05, 0) is 37.1 Å². The molecule has 3 N–H and O–H groups in total. The van der Waals surface area contributed by atoms with Crippen molar-refractivity contribution < 1.29 is 4.74 Å². The molecule has 3 nitrogen and oxygen atoms in total. The van der Waals surface area contributed by atoms with Crippen LogP contribution in [0, 0.1) is 0 Å². The highest BCUT2D eigenvalue weighted by Gasteiger charge is 2.07. The number of hydrogen-bond acceptors (Lipinski definition) is 2. The van der Waals surface area contributed by atoms with Crippen LogP contribution in [0.2, 0.25) is 0 Å². The van der Waals surface area contributed by atoms with E-state index in [9.17, 15) is 0 Å². The molecule has 15 heavy (non-hydrogen) atoms. The van der Waals surface area contributed by atoms with Crippen molar-refractivity contribution in [1.82, 2.24) is 4.98 Å². The van der Waals surface area contributed by atoms with Gasteiger partial charge in [0, 0.05) is 17.1 Å². The molecule has 2 rings (SSSR count). The monoisotopic (exact) mass is 204 g/mol. The zero-order valence-electron chi connectivity index (χ0n) is 8.92. The molecule has 0 aliphatic rings. The molecule has 0 fully saturated rings. The molecule has 0 saturated carbocycles. The second-order valence-electron chi connectivity index (χ2n) is 3.59. The van der Waals surface area contributed by atoms with Crippen molar-refractivity contribution >= 4 is 10.9 Å². The van der Waals surface area contributed by atoms with E-state index in [0.717, 1.165) is 29.5 Å². The Balaban J connectivity index is 2.44. The number of benzene rings is 1. The fourth-order valence-electron chi connectivity index (χ4n) is 1.88. The van der Waals surface area contributed by atoms with Crippen LogP contribution in [0.4, 0.5) is 0 Å². The highest BCUT2D eigenvalue weighted by atomic mass is 16.5. The quantitative estimate of drug-likeness (QED) is 0.801. The van der Waals surface area contributed by atoms with E-state index in [1.54, 1.807) is 7.11 Å². The second-order valence-corrected chi connectivity index (χ2v) is 3.59. The largest absolute Gasteiger partial charge is 0.496 e. The lowest BCUT2D eigenvalue weighted by molar-refractivity contribution is 0.414. The lowest BCUT2D eigenvalue weighted by Crippen LogP contribution is -2.01. The summed E-state index contributed by atoms with van der Waals surface area (Å²) in [5, 5.41) is 1.15. The average Bonchev–Trinajstić information content (AvgIpc) is 2.73. The van der Waals surface area contributed by atoms with Crippen molar-refractivity contribution in [2.75, 3.05) is 13.7 Å². The lowest BCUT2D eigenvalue weighted by Gasteiger charge is -2.09. The van der Waals surface area contributed by atoms with Crippen molar-refractivity contribution in [1.29, 1.82) is 0 Å². The Morgan fingerprint density at radius 2 is 2.20 bits per heavy atom. The maximum atomic E-state index is 5.51. The van der Waals surface area contributed by atoms with Crippen LogP contribution in [0.5, 0.6) is 5.75 Å². The van der Waals surface area contributed by atoms with Gasteiger partial charge in [0.25, 0.3) is 0 Å². The summed E-state index contributed by atoms with van der Waals surface area (Å²) in [4.78, 5) is 3.17. The molecular weight excluding hydrogens is 188 g/mol. The Morgan fingerprint density at radius 3 is 2.93 bits per heavy atom. The number of rotatable bonds is 4. The van der Waals surface area contributed by atoms with Gasteiger partial charge in [0.15, 0.2) is 0 Å². The minimum absolute atomic E-state index is 0.717. The first kappa shape index (κ1) is 10.1. The molecule has 0 spiro atoms. The Bertz CT molecular complexity index is 448. The molecular formula is C12H16N2O. The van der Waals surface area contributed by atoms with E-state index in [1.807, 2.05) is 12.3 Å². The van der Waals surface area contributed by atoms with E-state index < -0.39 is 0 Å². The first-order chi connectivity index (χ1) is 7.36. The summed E-state index contributed by atoms with van der Waals surface area (Å²) < 4.78 is 5.45. The maximum Gasteiger partial charge on any atom is 0.131 e. The fourth-order valence-corrected chi connectivity index (χ4v) is 1.88. The van der Waals surface area contributed by atoms with Crippen LogP contribution < -0.4 is 10.5 Å². The highest BCUT2D eigenvalue weighted by molar-refractivity contribution is 5.87. The number of nitrogens with two attached hydrogens (primary N) is 1. The smallest absolute Gasteiger partial charge is 0.131 e. The van der Waals surface area contributed by atoms with Crippen LogP contribution >= 0.6 is 0 Å². The first-order valence-corrected chi connectivity index (χ1v) is 5.20. The van der Waals surface area contributed by atoms with Crippen LogP contribution in [0.25, 0.3) is 10.9 Å². The normalized spacial score (nSPS) is 10.8. The SMILES string of the molecule is COc1c(CCCN)ccc2[nH]ccc12. The highest BCUT2D eigenvalue weighted by Crippen LogP contribution is 2.29. The molecule has 0 amide bonds. The summed E-state index contributed by atoms with van der Waals surface area (Å²) >= 11 is 0. The summed E-state index contributed by atoms with van der Waals surface area (Å²) in [5.74, 6) is 0.974. The van der Waals surface area contributed by atoms with Gasteiger partial charge < -0.3 is 15.5 Å². The number of fused-ring (bicyclic) bond motifs is 1. The molecule has 1 aromatic heterocycles. The molecule has 0 atom stereocenters. The molecule has 2 aromatic rings. The Morgan fingerprint density at radius 1 is 1.33 bits per heavy atom. The molecule has 0 unspecified atom stereocenters. The van der Waals surface area contributed by atoms with Gasteiger partial charge in [-0.2, -0.15) is 0 Å². The number of methoxy groups -OCH3 is 1. The summed E-state index contributed by atoms with van der Waals surface area (Å²) in [6.45, 7) is 0.717. The van der Waals surface area contributed by atoms with Gasteiger partial charge in [-0.25, -0.2) is 0 Å². The maximum absolute atomic E-state index is 5.51. The lowest BCUT2D eigenvalue weighted by atomic mass is 10.1. The van der Waals surface area contributed by atoms with E-state index in [4.69, 9.17) is 10.5 Å². The minimum Gasteiger partial charge on any atom is -0.496 e. The zero-order valence-corrected chi connectivity index (χ0v) is 8.92. The summed E-state index contributed by atoms with van der Waals surface area (Å²) in [5.41, 5.74) is 7.86. The Hall–Kier alpha value is -1.48. The third kappa shape index (κ3) is 1.83. The number of H-pyrrole nitrogens is 1. The van der Waals surface area contributed by atoms with Crippen molar-refractivity contribution in [3.63, 3.8) is 0 Å². The van der Waals surface area contributed by atoms with Crippen LogP contribution in [-0.2, 0) is 6.42 Å². The van der Waals surface area contributed by atoms with Crippen LogP contribution in [0.1, 0.15) is 12.0 Å². The number of aromatic amines is 1. The molecule has 0 aliphatic heterocycles. The number of aromatic nitrogens is 1. The van der Waals surface area contributed by atoms with Crippen LogP contribution in [0.3, 0.4) is 0 Å². The molecule has 1 aromatic carbocycles. The number of ether oxygens (including phenoxy) is 1. The third-order valence-corrected chi connectivity index (χ3v) is 2.62. The molecule has 0 aliphatic carbocycles. The second kappa shape index (κ2) is 4.36. The average molecular weight is 204 g/mol. The third-order valence-electron chi connectivity index (χ3n) is 2.62. The van der Waals surface area contributed by atoms with Gasteiger partial charge in [-0.15, -0.1) is 0 Å². The first-order valence-electron chi connectivity index (χ1n) is 5.20. The van der Waals surface area contributed by atoms with E-state index in [-0.39, 0.29) is 0 Å². The summed E-state index contributed by atoms with van der Waals surface area (Å²) in [6, 6.07) is 6.23. The van der Waals surface area contributed by atoms with Gasteiger partial charge in [-0.1, -0.05) is 6.07 Å². The van der Waals surface area contributed by atoms with Gasteiger partial charge >= 0.3 is 0 Å². The van der Waals surface area contributed by atoms with Crippen molar-refractivity contribution in [3.8, 4) is 5.75 Å². The number of aryl methyl sites for hydroxylation is 1. The minimum atomic E-state index is 0.717. The fraction of sp³-hybridized carbons (Fsp3) is 0.333. The van der Waals surface area contributed by atoms with E-state index in [1.165, 1.54) is 5.56 Å². The standard InChI is InChI=1S/C12H16N2O/c1-15-12-9(3-2-7-13)4-5-11-10(12)6-8-14-11/h4-6,8,14H,2-3,7,13H2,1H3. The van der Waals surface area contributed by atoms with Crippen molar-refractivity contribution in [2.45, 2.75) is 12.8 Å². The molecule has 1 heterocycles. The van der Waals surface area contributed by atoms with Crippen molar-refractivity contribution in [3.05, 3.63) is 30.0 Å². The number of hydrogen-bond donors (Lipinski definition) is 2. The van der Waals surface area contributed by atoms with Gasteiger partial charge in [0.05, 0.1) is 7.11 Å². The predicted octanol–water partition coefficient (Wildman–Crippen LogP) is 2.07. The molecule has 0 saturated heterocycles. The molecule has 3 heteroatoms. The molecule has 80 valence electrons. The topological polar surface area (TPSA) is 51.0 Å². The predicted molar refractivity (Wildman–Crippen MR) is 62.2 cm³/mol. The molecule has 0 bridgehead atoms. The van der Waals surface area contributed by atoms with E-state index in [2.05, 4.69) is 17.1 Å². The van der Waals surface area contributed by atoms with Gasteiger partial charge in [0.2, 0.25) is 0 Å². The van der Waals surface area contributed by atoms with Crippen molar-refractivity contribution in [2.24, 2.45) is 5.73 Å². The molecule has 0 radical (unpaired) electrons. The van der Waals surface area contributed by atoms with Gasteiger partial charge in [0.1, 0.15) is 5.75 Å². The van der Waals surface area contributed by atoms with Crippen LogP contribution in [0.15, 0.2) is 24.4 Å². The van der Waals surface area contributed by atoms with Gasteiger partial charge in [-0.3, -0.25) is 0 Å². The zero-order chi connectivity index (χ0) is 10.7.